The Morgan fingerprint density at radius 2 is 1.75 bits per heavy atom. The minimum Gasteiger partial charge on any atom is -0.497 e. The summed E-state index contributed by atoms with van der Waals surface area (Å²) in [5.74, 6) is 0.899. The van der Waals surface area contributed by atoms with Gasteiger partial charge in [0, 0.05) is 0 Å². The molecule has 0 aliphatic heterocycles. The first-order chi connectivity index (χ1) is 9.78. The van der Waals surface area contributed by atoms with Gasteiger partial charge in [-0.1, -0.05) is 50.2 Å². The summed E-state index contributed by atoms with van der Waals surface area (Å²) in [4.78, 5) is 0. The van der Waals surface area contributed by atoms with Crippen LogP contribution in [-0.2, 0) is 6.42 Å². The lowest BCUT2D eigenvalue weighted by Gasteiger charge is -2.20. The summed E-state index contributed by atoms with van der Waals surface area (Å²) < 4.78 is 5.33. The quantitative estimate of drug-likeness (QED) is 0.857. The summed E-state index contributed by atoms with van der Waals surface area (Å²) >= 11 is 0. The maximum Gasteiger partial charge on any atom is 0.119 e. The van der Waals surface area contributed by atoms with Gasteiger partial charge in [-0.15, -0.1) is 0 Å². The Kier molecular flexibility index (Phi) is 5.19. The van der Waals surface area contributed by atoms with Crippen molar-refractivity contribution >= 4 is 0 Å². The second-order valence-corrected chi connectivity index (χ2v) is 4.86. The summed E-state index contributed by atoms with van der Waals surface area (Å²) in [7, 11) is 1.71. The molecule has 2 aromatic carbocycles. The Labute approximate surface area is 121 Å². The fourth-order valence-electron chi connectivity index (χ4n) is 2.40. The van der Waals surface area contributed by atoms with Gasteiger partial charge in [-0.3, -0.25) is 0 Å². The van der Waals surface area contributed by atoms with E-state index < -0.39 is 0 Å². The largest absolute Gasteiger partial charge is 0.497 e. The number of hydrogen-bond donors (Lipinski definition) is 1. The molecule has 0 saturated heterocycles. The predicted octanol–water partition coefficient (Wildman–Crippen LogP) is 3.96. The van der Waals surface area contributed by atoms with E-state index in [0.717, 1.165) is 18.7 Å². The Hall–Kier alpha value is -1.80. The van der Waals surface area contributed by atoms with E-state index in [9.17, 15) is 0 Å². The van der Waals surface area contributed by atoms with Gasteiger partial charge in [0.2, 0.25) is 0 Å². The average molecular weight is 269 g/mol. The molecule has 1 atom stereocenters. The lowest BCUT2D eigenvalue weighted by molar-refractivity contribution is 0.413. The van der Waals surface area contributed by atoms with Gasteiger partial charge in [-0.05, 0) is 41.8 Å². The second-order valence-electron chi connectivity index (χ2n) is 4.86. The van der Waals surface area contributed by atoms with Gasteiger partial charge in [-0.25, -0.2) is 0 Å². The first-order valence-corrected chi connectivity index (χ1v) is 7.24. The van der Waals surface area contributed by atoms with Crippen LogP contribution < -0.4 is 10.1 Å². The SMILES string of the molecule is CCNC(c1ccc(CC)cc1)c1cccc(OC)c1. The third-order valence-electron chi connectivity index (χ3n) is 3.56. The van der Waals surface area contributed by atoms with Crippen molar-refractivity contribution in [2.24, 2.45) is 0 Å². The van der Waals surface area contributed by atoms with Gasteiger partial charge < -0.3 is 10.1 Å². The molecule has 20 heavy (non-hydrogen) atoms. The molecule has 0 amide bonds. The lowest BCUT2D eigenvalue weighted by atomic mass is 9.97. The van der Waals surface area contributed by atoms with E-state index in [2.05, 4.69) is 55.6 Å². The van der Waals surface area contributed by atoms with E-state index in [0.29, 0.717) is 0 Å². The first kappa shape index (κ1) is 14.6. The standard InChI is InChI=1S/C18H23NO/c1-4-14-9-11-15(12-10-14)18(19-5-2)16-7-6-8-17(13-16)20-3/h6-13,18-19H,4-5H2,1-3H3. The second kappa shape index (κ2) is 7.11. The van der Waals surface area contributed by atoms with Crippen molar-refractivity contribution in [3.8, 4) is 5.75 Å². The van der Waals surface area contributed by atoms with E-state index in [4.69, 9.17) is 4.74 Å². The van der Waals surface area contributed by atoms with Crippen molar-refractivity contribution in [1.29, 1.82) is 0 Å². The lowest BCUT2D eigenvalue weighted by Crippen LogP contribution is -2.22. The van der Waals surface area contributed by atoms with Crippen molar-refractivity contribution in [3.63, 3.8) is 0 Å². The van der Waals surface area contributed by atoms with E-state index in [1.54, 1.807) is 7.11 Å². The Balaban J connectivity index is 2.33. The monoisotopic (exact) mass is 269 g/mol. The molecule has 1 unspecified atom stereocenters. The third kappa shape index (κ3) is 3.40. The average Bonchev–Trinajstić information content (AvgIpc) is 2.53. The molecular formula is C18H23NO. The molecule has 0 saturated carbocycles. The van der Waals surface area contributed by atoms with Crippen molar-refractivity contribution < 1.29 is 4.74 Å². The number of rotatable bonds is 6. The van der Waals surface area contributed by atoms with Crippen molar-refractivity contribution in [2.75, 3.05) is 13.7 Å². The number of ether oxygens (including phenoxy) is 1. The van der Waals surface area contributed by atoms with Crippen molar-refractivity contribution in [2.45, 2.75) is 26.3 Å². The van der Waals surface area contributed by atoms with Crippen LogP contribution in [0.3, 0.4) is 0 Å². The number of nitrogens with one attached hydrogen (secondary N) is 1. The van der Waals surface area contributed by atoms with Crippen LogP contribution in [0.5, 0.6) is 5.75 Å². The zero-order chi connectivity index (χ0) is 14.4. The van der Waals surface area contributed by atoms with Gasteiger partial charge in [0.05, 0.1) is 13.2 Å². The maximum absolute atomic E-state index is 5.33. The molecule has 1 N–H and O–H groups in total. The fraction of sp³-hybridized carbons (Fsp3) is 0.333. The highest BCUT2D eigenvalue weighted by molar-refractivity contribution is 5.37. The molecule has 0 aliphatic rings. The summed E-state index contributed by atoms with van der Waals surface area (Å²) in [6, 6.07) is 17.3. The molecule has 2 heteroatoms. The fourth-order valence-corrected chi connectivity index (χ4v) is 2.40. The molecule has 0 aliphatic carbocycles. The van der Waals surface area contributed by atoms with Crippen LogP contribution >= 0.6 is 0 Å². The van der Waals surface area contributed by atoms with Gasteiger partial charge in [0.25, 0.3) is 0 Å². The van der Waals surface area contributed by atoms with Crippen LogP contribution in [0, 0.1) is 0 Å². The summed E-state index contributed by atoms with van der Waals surface area (Å²) in [6.07, 6.45) is 1.07. The molecule has 2 nitrogen and oxygen atoms in total. The number of benzene rings is 2. The highest BCUT2D eigenvalue weighted by Gasteiger charge is 2.13. The van der Waals surface area contributed by atoms with Crippen molar-refractivity contribution in [1.82, 2.24) is 5.32 Å². The van der Waals surface area contributed by atoms with Crippen LogP contribution in [0.15, 0.2) is 48.5 Å². The van der Waals surface area contributed by atoms with Crippen LogP contribution in [0.2, 0.25) is 0 Å². The molecule has 2 rings (SSSR count). The Morgan fingerprint density at radius 1 is 1.00 bits per heavy atom. The molecule has 0 aromatic heterocycles. The van der Waals surface area contributed by atoms with E-state index in [-0.39, 0.29) is 6.04 Å². The smallest absolute Gasteiger partial charge is 0.119 e. The Morgan fingerprint density at radius 3 is 2.35 bits per heavy atom. The molecule has 0 fully saturated rings. The third-order valence-corrected chi connectivity index (χ3v) is 3.56. The minimum absolute atomic E-state index is 0.209. The topological polar surface area (TPSA) is 21.3 Å². The number of aryl methyl sites for hydroxylation is 1. The van der Waals surface area contributed by atoms with Gasteiger partial charge in [0.1, 0.15) is 5.75 Å². The van der Waals surface area contributed by atoms with Crippen LogP contribution in [0.1, 0.15) is 36.6 Å². The summed E-state index contributed by atoms with van der Waals surface area (Å²) in [5, 5.41) is 3.55. The minimum atomic E-state index is 0.209. The van der Waals surface area contributed by atoms with E-state index >= 15 is 0 Å². The Bertz CT molecular complexity index is 533. The summed E-state index contributed by atoms with van der Waals surface area (Å²) in [6.45, 7) is 5.24. The maximum atomic E-state index is 5.33. The molecule has 0 heterocycles. The number of methoxy groups -OCH3 is 1. The van der Waals surface area contributed by atoms with Gasteiger partial charge in [-0.2, -0.15) is 0 Å². The van der Waals surface area contributed by atoms with Crippen LogP contribution in [0.4, 0.5) is 0 Å². The molecular weight excluding hydrogens is 246 g/mol. The van der Waals surface area contributed by atoms with Crippen molar-refractivity contribution in [3.05, 3.63) is 65.2 Å². The van der Waals surface area contributed by atoms with E-state index in [1.165, 1.54) is 16.7 Å². The van der Waals surface area contributed by atoms with Crippen LogP contribution in [-0.4, -0.2) is 13.7 Å². The zero-order valence-electron chi connectivity index (χ0n) is 12.5. The summed E-state index contributed by atoms with van der Waals surface area (Å²) in [5.41, 5.74) is 3.89. The van der Waals surface area contributed by atoms with Crippen LogP contribution in [0.25, 0.3) is 0 Å². The predicted molar refractivity (Wildman–Crippen MR) is 84.3 cm³/mol. The molecule has 0 bridgehead atoms. The highest BCUT2D eigenvalue weighted by Crippen LogP contribution is 2.25. The zero-order valence-corrected chi connectivity index (χ0v) is 12.5. The first-order valence-electron chi connectivity index (χ1n) is 7.24. The van der Waals surface area contributed by atoms with Gasteiger partial charge in [0.15, 0.2) is 0 Å². The number of hydrogen-bond acceptors (Lipinski definition) is 2. The van der Waals surface area contributed by atoms with E-state index in [1.807, 2.05) is 12.1 Å². The molecule has 0 radical (unpaired) electrons. The van der Waals surface area contributed by atoms with Gasteiger partial charge >= 0.3 is 0 Å². The molecule has 106 valence electrons. The normalized spacial score (nSPS) is 12.2. The molecule has 0 spiro atoms. The molecule has 2 aromatic rings. The highest BCUT2D eigenvalue weighted by atomic mass is 16.5.